The number of anilines is 4. The van der Waals surface area contributed by atoms with Crippen LogP contribution in [0.1, 0.15) is 44.1 Å². The minimum absolute atomic E-state index is 0.425. The molecule has 4 heterocycles. The lowest BCUT2D eigenvalue weighted by Gasteiger charge is -2.27. The third-order valence-corrected chi connectivity index (χ3v) is 7.23. The van der Waals surface area contributed by atoms with Gasteiger partial charge >= 0.3 is 0 Å². The van der Waals surface area contributed by atoms with E-state index in [1.165, 1.54) is 24.8 Å². The number of pyridine rings is 1. The first-order valence-electron chi connectivity index (χ1n) is 13.0. The molecule has 0 atom stereocenters. The fraction of sp³-hybridized carbons (Fsp3) is 0.357. The van der Waals surface area contributed by atoms with Crippen molar-refractivity contribution < 1.29 is 4.74 Å². The normalized spacial score (nSPS) is 16.5. The van der Waals surface area contributed by atoms with E-state index in [1.54, 1.807) is 13.4 Å². The minimum atomic E-state index is 0.425. The van der Waals surface area contributed by atoms with Crippen LogP contribution in [0.5, 0.6) is 5.75 Å². The molecule has 190 valence electrons. The molecule has 3 N–H and O–H groups in total. The number of benzene rings is 1. The summed E-state index contributed by atoms with van der Waals surface area (Å²) < 4.78 is 5.76. The number of aromatic nitrogens is 5. The maximum absolute atomic E-state index is 5.76. The lowest BCUT2D eigenvalue weighted by Crippen LogP contribution is -2.28. The second-order valence-electron chi connectivity index (χ2n) is 9.63. The molecule has 1 saturated carbocycles. The first-order valence-corrected chi connectivity index (χ1v) is 13.0. The van der Waals surface area contributed by atoms with Crippen molar-refractivity contribution in [2.75, 3.05) is 35.7 Å². The summed E-state index contributed by atoms with van der Waals surface area (Å²) >= 11 is 0. The van der Waals surface area contributed by atoms with E-state index in [0.29, 0.717) is 17.6 Å². The van der Waals surface area contributed by atoms with Gasteiger partial charge in [0.05, 0.1) is 19.1 Å². The van der Waals surface area contributed by atoms with Crippen LogP contribution in [0.25, 0.3) is 16.7 Å². The van der Waals surface area contributed by atoms with Crippen LogP contribution < -0.4 is 20.3 Å². The number of methoxy groups -OCH3 is 1. The lowest BCUT2D eigenvalue weighted by atomic mass is 9.95. The number of hydrogen-bond donors (Lipinski definition) is 3. The molecule has 2 aliphatic rings. The largest absolute Gasteiger partial charge is 0.495 e. The van der Waals surface area contributed by atoms with Crippen LogP contribution >= 0.6 is 0 Å². The van der Waals surface area contributed by atoms with Gasteiger partial charge in [0.2, 0.25) is 5.95 Å². The molecule has 0 unspecified atom stereocenters. The van der Waals surface area contributed by atoms with Crippen LogP contribution in [0.2, 0.25) is 0 Å². The van der Waals surface area contributed by atoms with Crippen LogP contribution in [-0.4, -0.2) is 51.2 Å². The van der Waals surface area contributed by atoms with Crippen molar-refractivity contribution in [2.45, 2.75) is 44.6 Å². The van der Waals surface area contributed by atoms with Gasteiger partial charge < -0.3 is 25.3 Å². The fourth-order valence-electron chi connectivity index (χ4n) is 5.23. The Hall–Kier alpha value is -4.14. The van der Waals surface area contributed by atoms with E-state index < -0.39 is 0 Å². The first kappa shape index (κ1) is 23.3. The Morgan fingerprint density at radius 1 is 1.05 bits per heavy atom. The molecule has 1 aliphatic carbocycles. The van der Waals surface area contributed by atoms with E-state index in [2.05, 4.69) is 59.7 Å². The molecule has 3 aromatic heterocycles. The Labute approximate surface area is 216 Å². The van der Waals surface area contributed by atoms with Gasteiger partial charge in [0.25, 0.3) is 0 Å². The molecule has 1 fully saturated rings. The third kappa shape index (κ3) is 5.07. The van der Waals surface area contributed by atoms with Crippen molar-refractivity contribution >= 4 is 40.0 Å². The highest BCUT2D eigenvalue weighted by molar-refractivity contribution is 5.84. The number of rotatable bonds is 7. The number of imidazole rings is 1. The number of ether oxygens (including phenoxy) is 1. The van der Waals surface area contributed by atoms with Crippen molar-refractivity contribution in [3.05, 3.63) is 60.6 Å². The lowest BCUT2D eigenvalue weighted by molar-refractivity contribution is 0.416. The average molecular weight is 497 g/mol. The highest BCUT2D eigenvalue weighted by Gasteiger charge is 2.19. The van der Waals surface area contributed by atoms with Crippen LogP contribution in [0, 0.1) is 0 Å². The van der Waals surface area contributed by atoms with E-state index in [4.69, 9.17) is 9.72 Å². The standard InChI is InChI=1S/C28H32N8O/c1-37-23-17-20(19-12-15-36(16-13-19)24-9-5-6-14-29-24)10-11-22(23)33-28-34-26-25(30-18-31-26)27(35-28)32-21-7-3-2-4-8-21/h5-6,9-12,14,17-18,21H,2-4,7-8,13,15-16H2,1H3,(H3,30,31,32,33,34,35). The van der Waals surface area contributed by atoms with E-state index in [0.717, 1.165) is 66.5 Å². The molecule has 0 saturated heterocycles. The van der Waals surface area contributed by atoms with Crippen molar-refractivity contribution in [3.8, 4) is 5.75 Å². The molecule has 37 heavy (non-hydrogen) atoms. The Morgan fingerprint density at radius 2 is 1.97 bits per heavy atom. The topological polar surface area (TPSA) is 104 Å². The summed E-state index contributed by atoms with van der Waals surface area (Å²) in [5, 5.41) is 6.99. The van der Waals surface area contributed by atoms with E-state index in [9.17, 15) is 0 Å². The van der Waals surface area contributed by atoms with Crippen LogP contribution in [-0.2, 0) is 0 Å². The van der Waals surface area contributed by atoms with Crippen LogP contribution in [0.4, 0.5) is 23.3 Å². The molecule has 0 radical (unpaired) electrons. The summed E-state index contributed by atoms with van der Waals surface area (Å²) in [6, 6.07) is 12.7. The molecule has 9 nitrogen and oxygen atoms in total. The molecular weight excluding hydrogens is 464 g/mol. The maximum atomic E-state index is 5.76. The summed E-state index contributed by atoms with van der Waals surface area (Å²) in [5.74, 6) is 3.04. The molecule has 4 aromatic rings. The molecule has 0 spiro atoms. The minimum Gasteiger partial charge on any atom is -0.495 e. The monoisotopic (exact) mass is 496 g/mol. The summed E-state index contributed by atoms with van der Waals surface area (Å²) in [6.07, 6.45) is 12.9. The first-order chi connectivity index (χ1) is 18.3. The van der Waals surface area contributed by atoms with Gasteiger partial charge in [-0.15, -0.1) is 0 Å². The van der Waals surface area contributed by atoms with Crippen molar-refractivity contribution in [1.82, 2.24) is 24.9 Å². The van der Waals surface area contributed by atoms with Gasteiger partial charge in [-0.1, -0.05) is 37.5 Å². The predicted molar refractivity (Wildman–Crippen MR) is 148 cm³/mol. The van der Waals surface area contributed by atoms with Gasteiger partial charge in [0, 0.05) is 25.3 Å². The van der Waals surface area contributed by atoms with Crippen LogP contribution in [0.15, 0.2) is 55.0 Å². The van der Waals surface area contributed by atoms with Gasteiger partial charge in [0.1, 0.15) is 17.1 Å². The van der Waals surface area contributed by atoms with Crippen molar-refractivity contribution in [3.63, 3.8) is 0 Å². The number of fused-ring (bicyclic) bond motifs is 1. The molecule has 0 bridgehead atoms. The third-order valence-electron chi connectivity index (χ3n) is 7.23. The summed E-state index contributed by atoms with van der Waals surface area (Å²) in [5.41, 5.74) is 4.76. The molecular formula is C28H32N8O. The van der Waals surface area contributed by atoms with Gasteiger partial charge in [-0.2, -0.15) is 9.97 Å². The number of nitrogens with one attached hydrogen (secondary N) is 3. The summed E-state index contributed by atoms with van der Waals surface area (Å²) in [6.45, 7) is 1.77. The summed E-state index contributed by atoms with van der Waals surface area (Å²) in [7, 11) is 1.69. The van der Waals surface area contributed by atoms with Crippen molar-refractivity contribution in [2.24, 2.45) is 0 Å². The average Bonchev–Trinajstić information content (AvgIpc) is 3.44. The molecule has 0 amide bonds. The highest BCUT2D eigenvalue weighted by Crippen LogP contribution is 2.34. The number of nitrogens with zero attached hydrogens (tertiary/aromatic N) is 5. The van der Waals surface area contributed by atoms with E-state index >= 15 is 0 Å². The quantitative estimate of drug-likeness (QED) is 0.306. The van der Waals surface area contributed by atoms with E-state index in [1.807, 2.05) is 24.4 Å². The zero-order chi connectivity index (χ0) is 25.0. The Kier molecular flexibility index (Phi) is 6.58. The van der Waals surface area contributed by atoms with Gasteiger partial charge in [-0.25, -0.2) is 9.97 Å². The number of hydrogen-bond acceptors (Lipinski definition) is 8. The predicted octanol–water partition coefficient (Wildman–Crippen LogP) is 5.54. The van der Waals surface area contributed by atoms with Gasteiger partial charge in [-0.3, -0.25) is 0 Å². The fourth-order valence-corrected chi connectivity index (χ4v) is 5.23. The van der Waals surface area contributed by atoms with Crippen molar-refractivity contribution in [1.29, 1.82) is 0 Å². The molecule has 1 aliphatic heterocycles. The second-order valence-corrected chi connectivity index (χ2v) is 9.63. The smallest absolute Gasteiger partial charge is 0.231 e. The Morgan fingerprint density at radius 3 is 2.76 bits per heavy atom. The Bertz CT molecular complexity index is 1390. The van der Waals surface area contributed by atoms with E-state index in [-0.39, 0.29) is 0 Å². The zero-order valence-corrected chi connectivity index (χ0v) is 21.1. The zero-order valence-electron chi connectivity index (χ0n) is 21.1. The number of aromatic amines is 1. The van der Waals surface area contributed by atoms with Gasteiger partial charge in [-0.05, 0) is 54.7 Å². The maximum Gasteiger partial charge on any atom is 0.231 e. The Balaban J connectivity index is 1.21. The molecule has 9 heteroatoms. The SMILES string of the molecule is COc1cc(C2=CCN(c3ccccn3)CC2)ccc1Nc1nc(NC2CCCCC2)c2[nH]cnc2n1. The highest BCUT2D eigenvalue weighted by atomic mass is 16.5. The molecule has 6 rings (SSSR count). The second kappa shape index (κ2) is 10.5. The van der Waals surface area contributed by atoms with Crippen LogP contribution in [0.3, 0.4) is 0 Å². The van der Waals surface area contributed by atoms with Gasteiger partial charge in [0.15, 0.2) is 11.5 Å². The molecule has 1 aromatic carbocycles. The summed E-state index contributed by atoms with van der Waals surface area (Å²) in [4.78, 5) is 23.8. The number of H-pyrrole nitrogens is 1.